The summed E-state index contributed by atoms with van der Waals surface area (Å²) in [6, 6.07) is 0. The van der Waals surface area contributed by atoms with Gasteiger partial charge in [0, 0.05) is 43.9 Å². The van der Waals surface area contributed by atoms with E-state index in [1.54, 1.807) is 6.92 Å². The van der Waals surface area contributed by atoms with Gasteiger partial charge in [0.05, 0.1) is 0 Å². The lowest BCUT2D eigenvalue weighted by molar-refractivity contribution is -0.185. The third-order valence-electron chi connectivity index (χ3n) is 16.9. The highest BCUT2D eigenvalue weighted by molar-refractivity contribution is 5.93. The van der Waals surface area contributed by atoms with Gasteiger partial charge in [0.15, 0.2) is 17.2 Å². The molecule has 0 heterocycles. The third-order valence-corrected chi connectivity index (χ3v) is 16.9. The van der Waals surface area contributed by atoms with E-state index in [-0.39, 0.29) is 51.3 Å². The van der Waals surface area contributed by atoms with Crippen LogP contribution in [0.15, 0.2) is 34.9 Å². The molecule has 0 bridgehead atoms. The summed E-state index contributed by atoms with van der Waals surface area (Å²) < 4.78 is 11.3. The molecule has 0 aromatic carbocycles. The Balaban J connectivity index is 0.000000164. The van der Waals surface area contributed by atoms with Crippen molar-refractivity contribution in [3.63, 3.8) is 0 Å². The number of carbonyl (C=O) groups excluding carboxylic acids is 5. The maximum Gasteiger partial charge on any atom is 0.303 e. The van der Waals surface area contributed by atoms with E-state index in [4.69, 9.17) is 9.47 Å². The summed E-state index contributed by atoms with van der Waals surface area (Å²) in [5.41, 5.74) is 2.89. The first-order valence-electron chi connectivity index (χ1n) is 20.4. The fourth-order valence-electron chi connectivity index (χ4n) is 14.2. The van der Waals surface area contributed by atoms with Crippen LogP contribution in [0.2, 0.25) is 0 Å². The van der Waals surface area contributed by atoms with Crippen LogP contribution in [0.25, 0.3) is 0 Å². The molecule has 52 heavy (non-hydrogen) atoms. The molecule has 8 rings (SSSR count). The average molecular weight is 715 g/mol. The van der Waals surface area contributed by atoms with Crippen LogP contribution in [0.3, 0.4) is 0 Å². The number of hydrogen-bond acceptors (Lipinski definition) is 7. The maximum atomic E-state index is 12.8. The van der Waals surface area contributed by atoms with E-state index in [0.717, 1.165) is 70.6 Å². The number of hydrogen-bond donors (Lipinski definition) is 0. The highest BCUT2D eigenvalue weighted by Crippen LogP contribution is 2.68. The van der Waals surface area contributed by atoms with Crippen molar-refractivity contribution >= 4 is 29.3 Å². The van der Waals surface area contributed by atoms with E-state index in [0.29, 0.717) is 54.1 Å². The van der Waals surface area contributed by atoms with Crippen molar-refractivity contribution in [2.75, 3.05) is 0 Å². The second kappa shape index (κ2) is 12.9. The predicted molar refractivity (Wildman–Crippen MR) is 199 cm³/mol. The number of Topliss-reactive ketones (excluding diaryl/α,β-unsaturated/α-hetero) is 2. The standard InChI is InChI=1S/C24H32O4.C21H30O3/c1-14-12-18-19(22(4)9-6-17(27)13-21(14)22)7-10-23(5)20(18)8-11-24(23,15(2)25)28-16(3)26;1-13(22)24-15-8-10-20(2)14(12-15)4-5-16-17-6-7-19(23)21(17,3)11-9-18(16)20/h12-13,18-20H,6-11H2,1-5H3;4,15-18H,5-12H2,1-3H3. The summed E-state index contributed by atoms with van der Waals surface area (Å²) in [6.45, 7) is 15.8. The molecule has 0 radical (unpaired) electrons. The molecule has 5 fully saturated rings. The van der Waals surface area contributed by atoms with Crippen molar-refractivity contribution in [1.82, 2.24) is 0 Å². The smallest absolute Gasteiger partial charge is 0.303 e. The van der Waals surface area contributed by atoms with Crippen LogP contribution in [0.5, 0.6) is 0 Å². The quantitative estimate of drug-likeness (QED) is 0.212. The monoisotopic (exact) mass is 714 g/mol. The number of carbonyl (C=O) groups is 5. The lowest BCUT2D eigenvalue weighted by Gasteiger charge is -2.58. The van der Waals surface area contributed by atoms with Crippen LogP contribution < -0.4 is 0 Å². The number of fused-ring (bicyclic) bond motifs is 10. The summed E-state index contributed by atoms with van der Waals surface area (Å²) in [5.74, 6) is 3.36. The van der Waals surface area contributed by atoms with E-state index >= 15 is 0 Å². The molecule has 284 valence electrons. The minimum Gasteiger partial charge on any atom is -0.462 e. The topological polar surface area (TPSA) is 104 Å². The largest absolute Gasteiger partial charge is 0.462 e. The van der Waals surface area contributed by atoms with E-state index < -0.39 is 5.60 Å². The average Bonchev–Trinajstić information content (AvgIpc) is 3.55. The fourth-order valence-corrected chi connectivity index (χ4v) is 14.2. The van der Waals surface area contributed by atoms with Crippen LogP contribution in [0, 0.1) is 57.2 Å². The Morgan fingerprint density at radius 1 is 0.731 bits per heavy atom. The minimum atomic E-state index is -0.990. The van der Waals surface area contributed by atoms with Crippen molar-refractivity contribution < 1.29 is 33.4 Å². The zero-order chi connectivity index (χ0) is 37.6. The highest BCUT2D eigenvalue weighted by atomic mass is 16.6. The molecule has 0 spiro atoms. The molecule has 0 amide bonds. The first kappa shape index (κ1) is 37.5. The van der Waals surface area contributed by atoms with Crippen LogP contribution in [0.4, 0.5) is 0 Å². The normalized spacial score (nSPS) is 45.8. The molecule has 8 aliphatic carbocycles. The second-order valence-electron chi connectivity index (χ2n) is 19.2. The summed E-state index contributed by atoms with van der Waals surface area (Å²) in [4.78, 5) is 60.5. The van der Waals surface area contributed by atoms with Crippen LogP contribution in [0.1, 0.15) is 145 Å². The van der Waals surface area contributed by atoms with Gasteiger partial charge in [0.1, 0.15) is 11.9 Å². The Morgan fingerprint density at radius 3 is 2.10 bits per heavy atom. The van der Waals surface area contributed by atoms with Crippen molar-refractivity contribution in [2.45, 2.75) is 157 Å². The number of ketones is 3. The van der Waals surface area contributed by atoms with E-state index in [1.165, 1.54) is 37.0 Å². The molecule has 0 saturated heterocycles. The SMILES string of the molecule is CC(=O)OC1(C(C)=O)CCC2C3C=C(C)C4=CC(=O)CCC4(C)C3CCC21C.CC(=O)OC1CCC2(C)C(=CCC3C4CCC(=O)C4(C)CCC32)C1. The van der Waals surface area contributed by atoms with Gasteiger partial charge in [-0.15, -0.1) is 0 Å². The van der Waals surface area contributed by atoms with Crippen molar-refractivity contribution in [3.8, 4) is 0 Å². The zero-order valence-corrected chi connectivity index (χ0v) is 33.0. The lowest BCUT2D eigenvalue weighted by Crippen LogP contribution is -2.58. The Labute approximate surface area is 311 Å². The van der Waals surface area contributed by atoms with Gasteiger partial charge in [-0.3, -0.25) is 24.0 Å². The molecule has 0 aromatic rings. The van der Waals surface area contributed by atoms with Crippen LogP contribution in [-0.4, -0.2) is 41.0 Å². The minimum absolute atomic E-state index is 0.0160. The molecular formula is C45H62O7. The van der Waals surface area contributed by atoms with Gasteiger partial charge in [0.25, 0.3) is 0 Å². The first-order chi connectivity index (χ1) is 24.4. The van der Waals surface area contributed by atoms with E-state index in [2.05, 4.69) is 46.8 Å². The summed E-state index contributed by atoms with van der Waals surface area (Å²) in [7, 11) is 0. The highest BCUT2D eigenvalue weighted by Gasteiger charge is 2.67. The summed E-state index contributed by atoms with van der Waals surface area (Å²) in [5, 5.41) is 0. The van der Waals surface area contributed by atoms with Crippen molar-refractivity contribution in [3.05, 3.63) is 34.9 Å². The number of ether oxygens (including phenoxy) is 2. The molecule has 0 aromatic heterocycles. The van der Waals surface area contributed by atoms with E-state index in [1.807, 2.05) is 6.08 Å². The molecule has 8 aliphatic rings. The van der Waals surface area contributed by atoms with E-state index in [9.17, 15) is 24.0 Å². The first-order valence-corrected chi connectivity index (χ1v) is 20.4. The van der Waals surface area contributed by atoms with Gasteiger partial charge >= 0.3 is 11.9 Å². The van der Waals surface area contributed by atoms with Gasteiger partial charge in [-0.1, -0.05) is 51.0 Å². The van der Waals surface area contributed by atoms with Crippen molar-refractivity contribution in [2.24, 2.45) is 57.2 Å². The molecule has 0 aliphatic heterocycles. The molecule has 12 atom stereocenters. The van der Waals surface area contributed by atoms with Crippen LogP contribution >= 0.6 is 0 Å². The number of allylic oxidation sites excluding steroid dienone is 5. The fraction of sp³-hybridized carbons (Fsp3) is 0.756. The Morgan fingerprint density at radius 2 is 1.40 bits per heavy atom. The predicted octanol–water partition coefficient (Wildman–Crippen LogP) is 9.03. The summed E-state index contributed by atoms with van der Waals surface area (Å²) in [6.07, 6.45) is 20.0. The van der Waals surface area contributed by atoms with Gasteiger partial charge in [-0.25, -0.2) is 0 Å². The van der Waals surface area contributed by atoms with Gasteiger partial charge < -0.3 is 9.47 Å². The molecule has 5 saturated carbocycles. The number of esters is 2. The van der Waals surface area contributed by atoms with Gasteiger partial charge in [0.2, 0.25) is 0 Å². The van der Waals surface area contributed by atoms with Gasteiger partial charge in [-0.05, 0) is 142 Å². The second-order valence-corrected chi connectivity index (χ2v) is 19.2. The molecule has 7 nitrogen and oxygen atoms in total. The van der Waals surface area contributed by atoms with Crippen molar-refractivity contribution in [1.29, 1.82) is 0 Å². The third kappa shape index (κ3) is 5.50. The Kier molecular flexibility index (Phi) is 9.29. The molecule has 12 unspecified atom stereocenters. The zero-order valence-electron chi connectivity index (χ0n) is 33.0. The van der Waals surface area contributed by atoms with Crippen LogP contribution in [-0.2, 0) is 33.4 Å². The molecule has 7 heteroatoms. The summed E-state index contributed by atoms with van der Waals surface area (Å²) >= 11 is 0. The van der Waals surface area contributed by atoms with Gasteiger partial charge in [-0.2, -0.15) is 0 Å². The maximum absolute atomic E-state index is 12.8. The molecule has 0 N–H and O–H groups in total. The molecular weight excluding hydrogens is 652 g/mol. The Hall–Kier alpha value is -2.83. The number of rotatable bonds is 3. The Bertz CT molecular complexity index is 1670. The lowest BCUT2D eigenvalue weighted by atomic mass is 9.47.